The molecule has 1 heterocycles. The van der Waals surface area contributed by atoms with Crippen LogP contribution in [-0.2, 0) is 6.42 Å². The first-order valence-electron chi connectivity index (χ1n) is 8.27. The quantitative estimate of drug-likeness (QED) is 0.730. The SMILES string of the molecule is CCc1ccc(-c2[nH]ncc2C(=O)NC(C)c2ccc(F)cc2)cc1. The lowest BCUT2D eigenvalue weighted by atomic mass is 10.0. The van der Waals surface area contributed by atoms with Crippen molar-refractivity contribution in [3.8, 4) is 11.3 Å². The molecule has 0 saturated carbocycles. The van der Waals surface area contributed by atoms with Crippen molar-refractivity contribution >= 4 is 5.91 Å². The van der Waals surface area contributed by atoms with Gasteiger partial charge in [0.1, 0.15) is 5.82 Å². The van der Waals surface area contributed by atoms with Crippen molar-refractivity contribution in [2.24, 2.45) is 0 Å². The van der Waals surface area contributed by atoms with Gasteiger partial charge in [0.05, 0.1) is 23.5 Å². The van der Waals surface area contributed by atoms with Crippen LogP contribution in [0.15, 0.2) is 54.7 Å². The Morgan fingerprint density at radius 2 is 1.84 bits per heavy atom. The zero-order valence-corrected chi connectivity index (χ0v) is 14.2. The van der Waals surface area contributed by atoms with Gasteiger partial charge in [0.25, 0.3) is 5.91 Å². The highest BCUT2D eigenvalue weighted by molar-refractivity contribution is 5.99. The number of amides is 1. The van der Waals surface area contributed by atoms with Crippen LogP contribution in [0.3, 0.4) is 0 Å². The number of carbonyl (C=O) groups excluding carboxylic acids is 1. The molecule has 1 unspecified atom stereocenters. The van der Waals surface area contributed by atoms with E-state index in [4.69, 9.17) is 0 Å². The number of aryl methyl sites for hydroxylation is 1. The Balaban J connectivity index is 1.78. The summed E-state index contributed by atoms with van der Waals surface area (Å²) in [6, 6.07) is 13.9. The van der Waals surface area contributed by atoms with Gasteiger partial charge in [-0.2, -0.15) is 5.10 Å². The Hall–Kier alpha value is -2.95. The third-order valence-corrected chi connectivity index (χ3v) is 4.25. The van der Waals surface area contributed by atoms with Crippen LogP contribution in [0.1, 0.15) is 41.4 Å². The Kier molecular flexibility index (Phi) is 4.93. The zero-order chi connectivity index (χ0) is 17.8. The van der Waals surface area contributed by atoms with Gasteiger partial charge in [0.15, 0.2) is 0 Å². The molecule has 0 spiro atoms. The zero-order valence-electron chi connectivity index (χ0n) is 14.2. The lowest BCUT2D eigenvalue weighted by molar-refractivity contribution is 0.0940. The molecule has 1 atom stereocenters. The van der Waals surface area contributed by atoms with Gasteiger partial charge in [0.2, 0.25) is 0 Å². The topological polar surface area (TPSA) is 57.8 Å². The summed E-state index contributed by atoms with van der Waals surface area (Å²) in [4.78, 5) is 12.6. The molecule has 4 nitrogen and oxygen atoms in total. The van der Waals surface area contributed by atoms with Gasteiger partial charge in [-0.25, -0.2) is 4.39 Å². The maximum Gasteiger partial charge on any atom is 0.255 e. The number of H-pyrrole nitrogens is 1. The van der Waals surface area contributed by atoms with E-state index in [0.717, 1.165) is 17.5 Å². The number of rotatable bonds is 5. The normalized spacial score (nSPS) is 12.0. The van der Waals surface area contributed by atoms with Crippen molar-refractivity contribution in [3.05, 3.63) is 77.2 Å². The molecule has 0 bridgehead atoms. The van der Waals surface area contributed by atoms with Gasteiger partial charge in [-0.15, -0.1) is 0 Å². The van der Waals surface area contributed by atoms with E-state index in [1.165, 1.54) is 23.9 Å². The molecule has 0 saturated heterocycles. The minimum atomic E-state index is -0.296. The number of hydrogen-bond donors (Lipinski definition) is 2. The summed E-state index contributed by atoms with van der Waals surface area (Å²) in [5, 5.41) is 9.85. The monoisotopic (exact) mass is 337 g/mol. The van der Waals surface area contributed by atoms with Crippen LogP contribution >= 0.6 is 0 Å². The van der Waals surface area contributed by atoms with Crippen molar-refractivity contribution in [3.63, 3.8) is 0 Å². The van der Waals surface area contributed by atoms with Crippen LogP contribution in [0.5, 0.6) is 0 Å². The maximum atomic E-state index is 13.0. The molecule has 1 amide bonds. The number of nitrogens with one attached hydrogen (secondary N) is 2. The number of halogens is 1. The molecular weight excluding hydrogens is 317 g/mol. The van der Waals surface area contributed by atoms with E-state index in [2.05, 4.69) is 22.4 Å². The molecular formula is C20H20FN3O. The Labute approximate surface area is 146 Å². The van der Waals surface area contributed by atoms with Crippen molar-refractivity contribution in [1.29, 1.82) is 0 Å². The summed E-state index contributed by atoms with van der Waals surface area (Å²) in [5.41, 5.74) is 4.16. The van der Waals surface area contributed by atoms with Gasteiger partial charge in [-0.1, -0.05) is 43.3 Å². The number of benzene rings is 2. The Morgan fingerprint density at radius 1 is 1.16 bits per heavy atom. The molecule has 3 rings (SSSR count). The standard InChI is InChI=1S/C20H20FN3O/c1-3-14-4-6-16(7-5-14)19-18(12-22-24-19)20(25)23-13(2)15-8-10-17(21)11-9-15/h4-13H,3H2,1-2H3,(H,22,24)(H,23,25). The molecule has 0 aliphatic rings. The van der Waals surface area contributed by atoms with Gasteiger partial charge in [-0.3, -0.25) is 9.89 Å². The molecule has 128 valence electrons. The number of nitrogens with zero attached hydrogens (tertiary/aromatic N) is 1. The van der Waals surface area contributed by atoms with E-state index >= 15 is 0 Å². The average molecular weight is 337 g/mol. The van der Waals surface area contributed by atoms with Crippen LogP contribution in [0.4, 0.5) is 4.39 Å². The summed E-state index contributed by atoms with van der Waals surface area (Å²) in [6.07, 6.45) is 2.49. The summed E-state index contributed by atoms with van der Waals surface area (Å²) < 4.78 is 13.0. The second-order valence-electron chi connectivity index (χ2n) is 5.96. The van der Waals surface area contributed by atoms with Crippen LogP contribution in [-0.4, -0.2) is 16.1 Å². The van der Waals surface area contributed by atoms with Crippen LogP contribution in [0.2, 0.25) is 0 Å². The average Bonchev–Trinajstić information content (AvgIpc) is 3.12. The molecule has 0 aliphatic heterocycles. The van der Waals surface area contributed by atoms with Crippen LogP contribution in [0.25, 0.3) is 11.3 Å². The molecule has 2 N–H and O–H groups in total. The molecule has 0 radical (unpaired) electrons. The van der Waals surface area contributed by atoms with Gasteiger partial charge in [0, 0.05) is 5.56 Å². The second-order valence-corrected chi connectivity index (χ2v) is 5.96. The third kappa shape index (κ3) is 3.76. The highest BCUT2D eigenvalue weighted by Gasteiger charge is 2.17. The molecule has 5 heteroatoms. The van der Waals surface area contributed by atoms with Gasteiger partial charge < -0.3 is 5.32 Å². The first-order valence-corrected chi connectivity index (χ1v) is 8.27. The largest absolute Gasteiger partial charge is 0.345 e. The number of aromatic amines is 1. The van der Waals surface area contributed by atoms with Crippen molar-refractivity contribution in [1.82, 2.24) is 15.5 Å². The molecule has 0 aliphatic carbocycles. The summed E-state index contributed by atoms with van der Waals surface area (Å²) in [7, 11) is 0. The minimum absolute atomic E-state index is 0.222. The second kappa shape index (κ2) is 7.30. The summed E-state index contributed by atoms with van der Waals surface area (Å²) >= 11 is 0. The maximum absolute atomic E-state index is 13.0. The fraction of sp³-hybridized carbons (Fsp3) is 0.200. The Bertz CT molecular complexity index is 853. The number of carbonyl (C=O) groups is 1. The van der Waals surface area contributed by atoms with Gasteiger partial charge in [-0.05, 0) is 36.6 Å². The number of aromatic nitrogens is 2. The lowest BCUT2D eigenvalue weighted by Gasteiger charge is -2.14. The van der Waals surface area contributed by atoms with E-state index in [9.17, 15) is 9.18 Å². The lowest BCUT2D eigenvalue weighted by Crippen LogP contribution is -2.26. The first-order chi connectivity index (χ1) is 12.1. The van der Waals surface area contributed by atoms with Crippen molar-refractivity contribution in [2.75, 3.05) is 0 Å². The highest BCUT2D eigenvalue weighted by Crippen LogP contribution is 2.23. The smallest absolute Gasteiger partial charge is 0.255 e. The number of hydrogen-bond acceptors (Lipinski definition) is 2. The fourth-order valence-electron chi connectivity index (χ4n) is 2.69. The first kappa shape index (κ1) is 16.9. The van der Waals surface area contributed by atoms with Gasteiger partial charge >= 0.3 is 0 Å². The molecule has 0 fully saturated rings. The van der Waals surface area contributed by atoms with E-state index in [1.54, 1.807) is 12.1 Å². The third-order valence-electron chi connectivity index (χ3n) is 4.25. The van der Waals surface area contributed by atoms with E-state index in [0.29, 0.717) is 11.3 Å². The molecule has 1 aromatic heterocycles. The van der Waals surface area contributed by atoms with Crippen molar-refractivity contribution in [2.45, 2.75) is 26.3 Å². The summed E-state index contributed by atoms with van der Waals surface area (Å²) in [5.74, 6) is -0.518. The minimum Gasteiger partial charge on any atom is -0.345 e. The van der Waals surface area contributed by atoms with E-state index in [-0.39, 0.29) is 17.8 Å². The fourth-order valence-corrected chi connectivity index (χ4v) is 2.69. The predicted molar refractivity (Wildman–Crippen MR) is 95.7 cm³/mol. The molecule has 2 aromatic carbocycles. The highest BCUT2D eigenvalue weighted by atomic mass is 19.1. The van der Waals surface area contributed by atoms with Crippen molar-refractivity contribution < 1.29 is 9.18 Å². The molecule has 3 aromatic rings. The predicted octanol–water partition coefficient (Wildman–Crippen LogP) is 4.27. The van der Waals surface area contributed by atoms with Crippen LogP contribution in [0, 0.1) is 5.82 Å². The summed E-state index contributed by atoms with van der Waals surface area (Å²) in [6.45, 7) is 3.96. The Morgan fingerprint density at radius 3 is 2.48 bits per heavy atom. The van der Waals surface area contributed by atoms with E-state index in [1.807, 2.05) is 31.2 Å². The van der Waals surface area contributed by atoms with E-state index < -0.39 is 0 Å². The molecule has 25 heavy (non-hydrogen) atoms. The van der Waals surface area contributed by atoms with Crippen LogP contribution < -0.4 is 5.32 Å².